The second-order valence-electron chi connectivity index (χ2n) is 6.04. The highest BCUT2D eigenvalue weighted by Gasteiger charge is 2.30. The number of nitrogens with one attached hydrogen (secondary N) is 1. The summed E-state index contributed by atoms with van der Waals surface area (Å²) in [6, 6.07) is 12.2. The van der Waals surface area contributed by atoms with Gasteiger partial charge in [0.2, 0.25) is 5.91 Å². The Morgan fingerprint density at radius 3 is 2.61 bits per heavy atom. The summed E-state index contributed by atoms with van der Waals surface area (Å²) < 4.78 is 39.9. The van der Waals surface area contributed by atoms with Gasteiger partial charge in [-0.1, -0.05) is 18.2 Å². The fourth-order valence-electron chi connectivity index (χ4n) is 2.53. The van der Waals surface area contributed by atoms with Crippen molar-refractivity contribution in [3.05, 3.63) is 72.3 Å². The third-order valence-electron chi connectivity index (χ3n) is 3.99. The molecule has 1 heterocycles. The van der Waals surface area contributed by atoms with Gasteiger partial charge in [0.1, 0.15) is 12.7 Å². The first kappa shape index (κ1) is 19.9. The monoisotopic (exact) mass is 406 g/mol. The molecular weight excluding hydrogens is 389 g/mol. The summed E-state index contributed by atoms with van der Waals surface area (Å²) in [5, 5.41) is 6.90. The molecule has 1 N–H and O–H groups in total. The number of hydrogen-bond donors (Lipinski definition) is 1. The molecule has 2 aromatic carbocycles. The standard InChI is InChI=1S/C19H17F3N4OS/c1-13(14-5-7-16(8-6-14)26-12-23-11-24-26)25-18(27)10-28-17-4-2-3-15(9-17)19(20,21)22/h2-9,11-13H,10H2,1H3,(H,25,27). The molecule has 0 saturated heterocycles. The Morgan fingerprint density at radius 1 is 1.21 bits per heavy atom. The molecule has 0 spiro atoms. The number of benzene rings is 2. The lowest BCUT2D eigenvalue weighted by atomic mass is 10.1. The number of nitrogens with zero attached hydrogens (tertiary/aromatic N) is 3. The van der Waals surface area contributed by atoms with Crippen LogP contribution in [-0.4, -0.2) is 26.4 Å². The third-order valence-corrected chi connectivity index (χ3v) is 4.98. The molecule has 28 heavy (non-hydrogen) atoms. The lowest BCUT2D eigenvalue weighted by Gasteiger charge is -2.15. The zero-order chi connectivity index (χ0) is 20.1. The van der Waals surface area contributed by atoms with Crippen LogP contribution in [0.3, 0.4) is 0 Å². The number of alkyl halides is 3. The van der Waals surface area contributed by atoms with Crippen LogP contribution in [0.4, 0.5) is 13.2 Å². The minimum atomic E-state index is -4.40. The molecule has 0 bridgehead atoms. The number of thioether (sulfide) groups is 1. The van der Waals surface area contributed by atoms with E-state index in [0.717, 1.165) is 35.1 Å². The van der Waals surface area contributed by atoms with Crippen molar-refractivity contribution in [1.82, 2.24) is 20.1 Å². The van der Waals surface area contributed by atoms with Crippen molar-refractivity contribution in [3.63, 3.8) is 0 Å². The van der Waals surface area contributed by atoms with Crippen LogP contribution in [0.2, 0.25) is 0 Å². The van der Waals surface area contributed by atoms with Gasteiger partial charge in [0.25, 0.3) is 0 Å². The maximum Gasteiger partial charge on any atom is 0.416 e. The summed E-state index contributed by atoms with van der Waals surface area (Å²) in [6.07, 6.45) is -1.37. The summed E-state index contributed by atoms with van der Waals surface area (Å²) in [5.74, 6) is -0.224. The van der Waals surface area contributed by atoms with E-state index in [-0.39, 0.29) is 17.7 Å². The van der Waals surface area contributed by atoms with Gasteiger partial charge in [-0.3, -0.25) is 4.79 Å². The second-order valence-corrected chi connectivity index (χ2v) is 7.08. The third kappa shape index (κ3) is 5.13. The quantitative estimate of drug-likeness (QED) is 0.622. The minimum Gasteiger partial charge on any atom is -0.349 e. The summed E-state index contributed by atoms with van der Waals surface area (Å²) in [4.78, 5) is 16.4. The molecule has 3 aromatic rings. The molecule has 146 valence electrons. The van der Waals surface area contributed by atoms with Crippen molar-refractivity contribution in [3.8, 4) is 5.69 Å². The fraction of sp³-hybridized carbons (Fsp3) is 0.211. The zero-order valence-electron chi connectivity index (χ0n) is 14.8. The molecule has 0 aliphatic rings. The molecule has 0 radical (unpaired) electrons. The van der Waals surface area contributed by atoms with Crippen molar-refractivity contribution in [2.75, 3.05) is 5.75 Å². The first-order valence-corrected chi connectivity index (χ1v) is 9.36. The smallest absolute Gasteiger partial charge is 0.349 e. The molecule has 9 heteroatoms. The Kier molecular flexibility index (Phi) is 6.03. The van der Waals surface area contributed by atoms with Crippen LogP contribution in [0.15, 0.2) is 66.1 Å². The normalized spacial score (nSPS) is 12.6. The van der Waals surface area contributed by atoms with Gasteiger partial charge in [0.05, 0.1) is 23.0 Å². The molecule has 3 rings (SSSR count). The van der Waals surface area contributed by atoms with Crippen LogP contribution in [-0.2, 0) is 11.0 Å². The molecule has 5 nitrogen and oxygen atoms in total. The lowest BCUT2D eigenvalue weighted by Crippen LogP contribution is -2.28. The highest BCUT2D eigenvalue weighted by molar-refractivity contribution is 8.00. The van der Waals surface area contributed by atoms with Gasteiger partial charge in [-0.15, -0.1) is 11.8 Å². The summed E-state index contributed by atoms with van der Waals surface area (Å²) >= 11 is 1.07. The number of carbonyl (C=O) groups is 1. The van der Waals surface area contributed by atoms with E-state index in [1.165, 1.54) is 12.4 Å². The van der Waals surface area contributed by atoms with E-state index in [0.29, 0.717) is 4.90 Å². The Morgan fingerprint density at radius 2 is 1.96 bits per heavy atom. The number of halogens is 3. The molecule has 0 aliphatic carbocycles. The SMILES string of the molecule is CC(NC(=O)CSc1cccc(C(F)(F)F)c1)c1ccc(-n2cncn2)cc1. The number of hydrogen-bond acceptors (Lipinski definition) is 4. The minimum absolute atomic E-state index is 0.0304. The number of rotatable bonds is 6. The zero-order valence-corrected chi connectivity index (χ0v) is 15.7. The maximum atomic E-state index is 12.7. The maximum absolute atomic E-state index is 12.7. The first-order valence-electron chi connectivity index (χ1n) is 8.37. The van der Waals surface area contributed by atoms with Crippen molar-refractivity contribution in [1.29, 1.82) is 0 Å². The fourth-order valence-corrected chi connectivity index (χ4v) is 3.30. The van der Waals surface area contributed by atoms with Crippen LogP contribution in [0.1, 0.15) is 24.1 Å². The van der Waals surface area contributed by atoms with E-state index in [4.69, 9.17) is 0 Å². The Labute approximate surface area is 164 Å². The molecule has 0 saturated carbocycles. The van der Waals surface area contributed by atoms with E-state index in [1.54, 1.807) is 17.1 Å². The van der Waals surface area contributed by atoms with E-state index < -0.39 is 11.7 Å². The molecule has 0 aliphatic heterocycles. The van der Waals surface area contributed by atoms with Crippen LogP contribution in [0.25, 0.3) is 5.69 Å². The predicted molar refractivity (Wildman–Crippen MR) is 100 cm³/mol. The summed E-state index contributed by atoms with van der Waals surface area (Å²) in [6.45, 7) is 1.84. The van der Waals surface area contributed by atoms with E-state index in [1.807, 2.05) is 31.2 Å². The van der Waals surface area contributed by atoms with E-state index >= 15 is 0 Å². The second kappa shape index (κ2) is 8.47. The Hall–Kier alpha value is -2.81. The summed E-state index contributed by atoms with van der Waals surface area (Å²) in [5.41, 5.74) is 1.03. The van der Waals surface area contributed by atoms with Crippen LogP contribution < -0.4 is 5.32 Å². The Bertz CT molecular complexity index is 927. The van der Waals surface area contributed by atoms with Gasteiger partial charge in [0.15, 0.2) is 0 Å². The van der Waals surface area contributed by atoms with Crippen molar-refractivity contribution >= 4 is 17.7 Å². The number of aromatic nitrogens is 3. The largest absolute Gasteiger partial charge is 0.416 e. The van der Waals surface area contributed by atoms with Crippen molar-refractivity contribution < 1.29 is 18.0 Å². The number of carbonyl (C=O) groups excluding carboxylic acids is 1. The average Bonchev–Trinajstić information content (AvgIpc) is 3.21. The predicted octanol–water partition coefficient (Wildman–Crippen LogP) is 4.26. The van der Waals surface area contributed by atoms with Crippen molar-refractivity contribution in [2.24, 2.45) is 0 Å². The van der Waals surface area contributed by atoms with Gasteiger partial charge in [0, 0.05) is 4.90 Å². The van der Waals surface area contributed by atoms with Gasteiger partial charge in [-0.25, -0.2) is 9.67 Å². The van der Waals surface area contributed by atoms with Crippen LogP contribution in [0.5, 0.6) is 0 Å². The van der Waals surface area contributed by atoms with Crippen LogP contribution in [0, 0.1) is 0 Å². The van der Waals surface area contributed by atoms with E-state index in [9.17, 15) is 18.0 Å². The molecule has 1 amide bonds. The van der Waals surface area contributed by atoms with Gasteiger partial charge >= 0.3 is 6.18 Å². The van der Waals surface area contributed by atoms with Gasteiger partial charge < -0.3 is 5.32 Å². The first-order chi connectivity index (χ1) is 13.3. The molecule has 0 fully saturated rings. The van der Waals surface area contributed by atoms with E-state index in [2.05, 4.69) is 15.4 Å². The van der Waals surface area contributed by atoms with Crippen molar-refractivity contribution in [2.45, 2.75) is 24.0 Å². The van der Waals surface area contributed by atoms with Crippen LogP contribution >= 0.6 is 11.8 Å². The molecule has 1 atom stereocenters. The average molecular weight is 406 g/mol. The highest BCUT2D eigenvalue weighted by atomic mass is 32.2. The molecular formula is C19H17F3N4OS. The lowest BCUT2D eigenvalue weighted by molar-refractivity contribution is -0.137. The summed E-state index contributed by atoms with van der Waals surface area (Å²) in [7, 11) is 0. The topological polar surface area (TPSA) is 59.8 Å². The molecule has 1 aromatic heterocycles. The highest BCUT2D eigenvalue weighted by Crippen LogP contribution is 2.31. The number of amides is 1. The van der Waals surface area contributed by atoms with Gasteiger partial charge in [-0.05, 0) is 42.8 Å². The Balaban J connectivity index is 1.54. The van der Waals surface area contributed by atoms with Gasteiger partial charge in [-0.2, -0.15) is 18.3 Å². The molecule has 1 unspecified atom stereocenters.